The van der Waals surface area contributed by atoms with Crippen LogP contribution in [0.25, 0.3) is 0 Å². The van der Waals surface area contributed by atoms with Gasteiger partial charge in [0.15, 0.2) is 0 Å². The van der Waals surface area contributed by atoms with Crippen molar-refractivity contribution in [1.29, 1.82) is 0 Å². The van der Waals surface area contributed by atoms with Gasteiger partial charge >= 0.3 is 0 Å². The van der Waals surface area contributed by atoms with E-state index in [-0.39, 0.29) is 5.91 Å². The lowest BCUT2D eigenvalue weighted by Crippen LogP contribution is -2.41. The van der Waals surface area contributed by atoms with E-state index < -0.39 is 0 Å². The molecule has 0 spiro atoms. The van der Waals surface area contributed by atoms with Crippen molar-refractivity contribution in [2.45, 2.75) is 19.8 Å². The summed E-state index contributed by atoms with van der Waals surface area (Å²) in [5.74, 6) is 0.568. The second kappa shape index (κ2) is 7.19. The number of hydrogen-bond donors (Lipinski definition) is 0. The molecule has 110 valence electrons. The number of carbonyl (C=O) groups is 1. The van der Waals surface area contributed by atoms with Crippen LogP contribution >= 0.6 is 0 Å². The summed E-state index contributed by atoms with van der Waals surface area (Å²) >= 11 is 0. The summed E-state index contributed by atoms with van der Waals surface area (Å²) in [6, 6.07) is 1.68. The third-order valence-electron chi connectivity index (χ3n) is 3.35. The van der Waals surface area contributed by atoms with E-state index in [1.54, 1.807) is 17.2 Å². The molecule has 2 rings (SSSR count). The van der Waals surface area contributed by atoms with Crippen LogP contribution in [0.5, 0.6) is 0 Å². The fourth-order valence-corrected chi connectivity index (χ4v) is 2.08. The summed E-state index contributed by atoms with van der Waals surface area (Å²) in [7, 11) is 1.95. The second-order valence-corrected chi connectivity index (χ2v) is 4.92. The van der Waals surface area contributed by atoms with E-state index in [1.165, 1.54) is 0 Å². The van der Waals surface area contributed by atoms with Crippen molar-refractivity contribution in [3.05, 3.63) is 18.0 Å². The summed E-state index contributed by atoms with van der Waals surface area (Å²) in [5.41, 5.74) is 0.459. The lowest BCUT2D eigenvalue weighted by Gasteiger charge is -2.26. The first-order chi connectivity index (χ1) is 9.72. The summed E-state index contributed by atoms with van der Waals surface area (Å²) < 4.78 is 5.26. The SMILES string of the molecule is CCCCN(C)c1nccc(C(=O)N2CCOCC2)n1. The maximum absolute atomic E-state index is 12.4. The zero-order chi connectivity index (χ0) is 14.4. The van der Waals surface area contributed by atoms with Gasteiger partial charge in [-0.2, -0.15) is 0 Å². The molecule has 2 heterocycles. The molecule has 1 saturated heterocycles. The van der Waals surface area contributed by atoms with Crippen LogP contribution in [0.3, 0.4) is 0 Å². The zero-order valence-electron chi connectivity index (χ0n) is 12.2. The molecule has 1 aromatic heterocycles. The Bertz CT molecular complexity index is 447. The van der Waals surface area contributed by atoms with Crippen LogP contribution in [0.1, 0.15) is 30.3 Å². The number of carbonyl (C=O) groups excluding carboxylic acids is 1. The minimum atomic E-state index is -0.0409. The van der Waals surface area contributed by atoms with E-state index in [2.05, 4.69) is 16.9 Å². The van der Waals surface area contributed by atoms with E-state index in [1.807, 2.05) is 11.9 Å². The number of ether oxygens (including phenoxy) is 1. The maximum atomic E-state index is 12.4. The van der Waals surface area contributed by atoms with Crippen molar-refractivity contribution in [2.75, 3.05) is 44.8 Å². The van der Waals surface area contributed by atoms with Crippen LogP contribution in [0.4, 0.5) is 5.95 Å². The van der Waals surface area contributed by atoms with Crippen LogP contribution in [-0.4, -0.2) is 60.7 Å². The molecule has 0 bridgehead atoms. The van der Waals surface area contributed by atoms with Crippen molar-refractivity contribution in [3.8, 4) is 0 Å². The van der Waals surface area contributed by atoms with E-state index in [9.17, 15) is 4.79 Å². The fourth-order valence-electron chi connectivity index (χ4n) is 2.08. The van der Waals surface area contributed by atoms with Crippen molar-refractivity contribution >= 4 is 11.9 Å². The predicted molar refractivity (Wildman–Crippen MR) is 76.9 cm³/mol. The Morgan fingerprint density at radius 2 is 2.20 bits per heavy atom. The number of amides is 1. The Morgan fingerprint density at radius 1 is 1.45 bits per heavy atom. The Labute approximate surface area is 119 Å². The van der Waals surface area contributed by atoms with Gasteiger partial charge in [-0.1, -0.05) is 13.3 Å². The molecule has 0 radical (unpaired) electrons. The van der Waals surface area contributed by atoms with Gasteiger partial charge in [0.1, 0.15) is 5.69 Å². The topological polar surface area (TPSA) is 58.6 Å². The van der Waals surface area contributed by atoms with Crippen LogP contribution < -0.4 is 4.90 Å². The molecule has 0 aromatic carbocycles. The van der Waals surface area contributed by atoms with Gasteiger partial charge in [0.25, 0.3) is 5.91 Å². The first kappa shape index (κ1) is 14.7. The highest BCUT2D eigenvalue weighted by Crippen LogP contribution is 2.10. The molecule has 6 heteroatoms. The molecule has 1 fully saturated rings. The molecule has 1 aromatic rings. The van der Waals surface area contributed by atoms with Crippen molar-refractivity contribution in [3.63, 3.8) is 0 Å². The van der Waals surface area contributed by atoms with E-state index in [0.29, 0.717) is 37.9 Å². The van der Waals surface area contributed by atoms with E-state index in [4.69, 9.17) is 4.74 Å². The van der Waals surface area contributed by atoms with Crippen LogP contribution in [0.15, 0.2) is 12.3 Å². The monoisotopic (exact) mass is 278 g/mol. The highest BCUT2D eigenvalue weighted by molar-refractivity contribution is 5.92. The smallest absolute Gasteiger partial charge is 0.272 e. The van der Waals surface area contributed by atoms with Gasteiger partial charge in [-0.05, 0) is 12.5 Å². The summed E-state index contributed by atoms with van der Waals surface area (Å²) in [4.78, 5) is 24.7. The molecule has 1 amide bonds. The molecular weight excluding hydrogens is 256 g/mol. The zero-order valence-corrected chi connectivity index (χ0v) is 12.2. The molecular formula is C14H22N4O2. The largest absolute Gasteiger partial charge is 0.378 e. The quantitative estimate of drug-likeness (QED) is 0.809. The highest BCUT2D eigenvalue weighted by Gasteiger charge is 2.20. The van der Waals surface area contributed by atoms with Crippen molar-refractivity contribution in [1.82, 2.24) is 14.9 Å². The third kappa shape index (κ3) is 3.66. The first-order valence-corrected chi connectivity index (χ1v) is 7.13. The molecule has 6 nitrogen and oxygen atoms in total. The molecule has 1 aliphatic rings. The van der Waals surface area contributed by atoms with Crippen LogP contribution in [0.2, 0.25) is 0 Å². The second-order valence-electron chi connectivity index (χ2n) is 4.92. The molecule has 0 unspecified atom stereocenters. The summed E-state index contributed by atoms with van der Waals surface area (Å²) in [6.45, 7) is 5.49. The number of anilines is 1. The summed E-state index contributed by atoms with van der Waals surface area (Å²) in [6.07, 6.45) is 3.86. The highest BCUT2D eigenvalue weighted by atomic mass is 16.5. The number of rotatable bonds is 5. The Morgan fingerprint density at radius 3 is 2.90 bits per heavy atom. The van der Waals surface area contributed by atoms with Gasteiger partial charge in [-0.25, -0.2) is 9.97 Å². The predicted octanol–water partition coefficient (Wildman–Crippen LogP) is 1.19. The first-order valence-electron chi connectivity index (χ1n) is 7.13. The normalized spacial score (nSPS) is 15.2. The lowest BCUT2D eigenvalue weighted by atomic mass is 10.3. The molecule has 0 N–H and O–H groups in total. The van der Waals surface area contributed by atoms with Crippen molar-refractivity contribution < 1.29 is 9.53 Å². The van der Waals surface area contributed by atoms with Crippen LogP contribution in [0, 0.1) is 0 Å². The van der Waals surface area contributed by atoms with Gasteiger partial charge in [-0.15, -0.1) is 0 Å². The van der Waals surface area contributed by atoms with Gasteiger partial charge < -0.3 is 14.5 Å². The van der Waals surface area contributed by atoms with Gasteiger partial charge in [-0.3, -0.25) is 4.79 Å². The number of nitrogens with zero attached hydrogens (tertiary/aromatic N) is 4. The Balaban J connectivity index is 2.06. The lowest BCUT2D eigenvalue weighted by molar-refractivity contribution is 0.0299. The van der Waals surface area contributed by atoms with E-state index in [0.717, 1.165) is 19.4 Å². The molecule has 0 saturated carbocycles. The number of unbranched alkanes of at least 4 members (excludes halogenated alkanes) is 1. The Kier molecular flexibility index (Phi) is 5.29. The van der Waals surface area contributed by atoms with Gasteiger partial charge in [0.05, 0.1) is 13.2 Å². The minimum absolute atomic E-state index is 0.0409. The number of aromatic nitrogens is 2. The molecule has 0 atom stereocenters. The molecule has 1 aliphatic heterocycles. The summed E-state index contributed by atoms with van der Waals surface area (Å²) in [5, 5.41) is 0. The van der Waals surface area contributed by atoms with Crippen LogP contribution in [-0.2, 0) is 4.74 Å². The standard InChI is InChI=1S/C14H22N4O2/c1-3-4-7-17(2)14-15-6-5-12(16-14)13(19)18-8-10-20-11-9-18/h5-6H,3-4,7-11H2,1-2H3. The van der Waals surface area contributed by atoms with E-state index >= 15 is 0 Å². The fraction of sp³-hybridized carbons (Fsp3) is 0.643. The third-order valence-corrected chi connectivity index (χ3v) is 3.35. The van der Waals surface area contributed by atoms with Crippen molar-refractivity contribution in [2.24, 2.45) is 0 Å². The average Bonchev–Trinajstić information content (AvgIpc) is 2.52. The minimum Gasteiger partial charge on any atom is -0.378 e. The van der Waals surface area contributed by atoms with Gasteiger partial charge in [0, 0.05) is 32.9 Å². The van der Waals surface area contributed by atoms with Gasteiger partial charge in [0.2, 0.25) is 5.95 Å². The number of morpholine rings is 1. The maximum Gasteiger partial charge on any atom is 0.272 e. The molecule has 0 aliphatic carbocycles. The Hall–Kier alpha value is -1.69. The number of hydrogen-bond acceptors (Lipinski definition) is 5. The average molecular weight is 278 g/mol. The molecule has 20 heavy (non-hydrogen) atoms.